The Balaban J connectivity index is 2.82. The molecule has 1 heterocycles. The summed E-state index contributed by atoms with van der Waals surface area (Å²) < 4.78 is 0. The number of hydrogen-bond acceptors (Lipinski definition) is 4. The van der Waals surface area contributed by atoms with E-state index < -0.39 is 0 Å². The van der Waals surface area contributed by atoms with Gasteiger partial charge in [0.25, 0.3) is 0 Å². The summed E-state index contributed by atoms with van der Waals surface area (Å²) in [6.45, 7) is 8.04. The van der Waals surface area contributed by atoms with Crippen molar-refractivity contribution in [3.63, 3.8) is 0 Å². The first-order valence-electron chi connectivity index (χ1n) is 5.82. The van der Waals surface area contributed by atoms with E-state index in [0.29, 0.717) is 16.9 Å². The van der Waals surface area contributed by atoms with Gasteiger partial charge in [-0.3, -0.25) is 0 Å². The van der Waals surface area contributed by atoms with Crippen LogP contribution in [0.15, 0.2) is 0 Å². The van der Waals surface area contributed by atoms with E-state index in [9.17, 15) is 5.11 Å². The number of halogens is 1. The third kappa shape index (κ3) is 4.13. The van der Waals surface area contributed by atoms with Crippen molar-refractivity contribution in [2.75, 3.05) is 11.9 Å². The molecular formula is C12H20ClN3O. The van der Waals surface area contributed by atoms with Gasteiger partial charge >= 0.3 is 0 Å². The van der Waals surface area contributed by atoms with Crippen molar-refractivity contribution in [1.82, 2.24) is 9.97 Å². The van der Waals surface area contributed by atoms with Gasteiger partial charge in [-0.05, 0) is 26.2 Å². The van der Waals surface area contributed by atoms with Gasteiger partial charge < -0.3 is 10.4 Å². The van der Waals surface area contributed by atoms with Gasteiger partial charge in [-0.2, -0.15) is 0 Å². The molecule has 17 heavy (non-hydrogen) atoms. The fraction of sp³-hybridized carbons (Fsp3) is 0.667. The van der Waals surface area contributed by atoms with E-state index in [2.05, 4.69) is 29.1 Å². The molecule has 0 aliphatic heterocycles. The number of aliphatic hydroxyl groups excluding tert-OH is 1. The van der Waals surface area contributed by atoms with Crippen molar-refractivity contribution in [3.05, 3.63) is 16.5 Å². The average molecular weight is 258 g/mol. The van der Waals surface area contributed by atoms with E-state index in [1.165, 1.54) is 0 Å². The summed E-state index contributed by atoms with van der Waals surface area (Å²) >= 11 is 6.02. The number of nitrogens with one attached hydrogen (secondary N) is 1. The lowest BCUT2D eigenvalue weighted by molar-refractivity contribution is 0.259. The normalized spacial score (nSPS) is 12.9. The molecule has 2 N–H and O–H groups in total. The first kappa shape index (κ1) is 14.2. The van der Waals surface area contributed by atoms with Gasteiger partial charge in [0.05, 0.1) is 24.0 Å². The fourth-order valence-corrected chi connectivity index (χ4v) is 1.83. The molecule has 4 nitrogen and oxygen atoms in total. The van der Waals surface area contributed by atoms with Crippen LogP contribution in [-0.4, -0.2) is 27.7 Å². The Morgan fingerprint density at radius 3 is 2.35 bits per heavy atom. The molecule has 0 amide bonds. The van der Waals surface area contributed by atoms with Gasteiger partial charge in [-0.25, -0.2) is 9.97 Å². The molecule has 96 valence electrons. The molecule has 0 aromatic carbocycles. The van der Waals surface area contributed by atoms with E-state index in [1.54, 1.807) is 0 Å². The monoisotopic (exact) mass is 257 g/mol. The maximum atomic E-state index is 9.30. The standard InChI is InChI=1S/C12H20ClN3O/c1-7(2)5-10(6-17)16-12-11(13)14-8(3)9(4)15-12/h7,10,17H,5-6H2,1-4H3,(H,15,16). The van der Waals surface area contributed by atoms with E-state index in [1.807, 2.05) is 13.8 Å². The van der Waals surface area contributed by atoms with E-state index in [-0.39, 0.29) is 12.6 Å². The average Bonchev–Trinajstić information content (AvgIpc) is 2.24. The molecule has 0 saturated heterocycles. The predicted molar refractivity (Wildman–Crippen MR) is 70.5 cm³/mol. The smallest absolute Gasteiger partial charge is 0.171 e. The number of nitrogens with zero attached hydrogens (tertiary/aromatic N) is 2. The highest BCUT2D eigenvalue weighted by atomic mass is 35.5. The minimum absolute atomic E-state index is 0.0380. The Bertz CT molecular complexity index is 382. The van der Waals surface area contributed by atoms with Crippen molar-refractivity contribution in [2.24, 2.45) is 5.92 Å². The molecule has 0 bridgehead atoms. The predicted octanol–water partition coefficient (Wildman–Crippen LogP) is 2.57. The second-order valence-corrected chi connectivity index (χ2v) is 5.05. The number of aryl methyl sites for hydroxylation is 2. The molecule has 1 unspecified atom stereocenters. The van der Waals surface area contributed by atoms with Crippen molar-refractivity contribution in [3.8, 4) is 0 Å². The quantitative estimate of drug-likeness (QED) is 0.851. The Labute approximate surface area is 107 Å². The lowest BCUT2D eigenvalue weighted by Gasteiger charge is -2.19. The summed E-state index contributed by atoms with van der Waals surface area (Å²) in [5, 5.41) is 12.8. The van der Waals surface area contributed by atoms with Crippen molar-refractivity contribution in [2.45, 2.75) is 40.2 Å². The second-order valence-electron chi connectivity index (χ2n) is 4.69. The summed E-state index contributed by atoms with van der Waals surface area (Å²) in [6.07, 6.45) is 0.863. The number of hydrogen-bond donors (Lipinski definition) is 2. The van der Waals surface area contributed by atoms with Crippen molar-refractivity contribution < 1.29 is 5.11 Å². The third-order valence-corrected chi connectivity index (χ3v) is 2.85. The molecule has 0 aliphatic rings. The molecule has 0 radical (unpaired) electrons. The molecule has 0 spiro atoms. The molecule has 1 rings (SSSR count). The summed E-state index contributed by atoms with van der Waals surface area (Å²) in [5.41, 5.74) is 1.67. The van der Waals surface area contributed by atoms with Crippen LogP contribution in [0.3, 0.4) is 0 Å². The van der Waals surface area contributed by atoms with Crippen LogP contribution in [0.2, 0.25) is 5.15 Å². The number of aromatic nitrogens is 2. The zero-order valence-electron chi connectivity index (χ0n) is 10.8. The number of anilines is 1. The highest BCUT2D eigenvalue weighted by Crippen LogP contribution is 2.20. The topological polar surface area (TPSA) is 58.0 Å². The number of rotatable bonds is 5. The van der Waals surface area contributed by atoms with Crippen LogP contribution in [-0.2, 0) is 0 Å². The van der Waals surface area contributed by atoms with Gasteiger partial charge in [0.15, 0.2) is 11.0 Å². The molecule has 1 aromatic heterocycles. The molecule has 0 saturated carbocycles. The van der Waals surface area contributed by atoms with Gasteiger partial charge in [0.2, 0.25) is 0 Å². The van der Waals surface area contributed by atoms with Crippen LogP contribution < -0.4 is 5.32 Å². The largest absolute Gasteiger partial charge is 0.394 e. The Hall–Kier alpha value is -0.870. The summed E-state index contributed by atoms with van der Waals surface area (Å²) in [7, 11) is 0. The minimum Gasteiger partial charge on any atom is -0.394 e. The SMILES string of the molecule is Cc1nc(Cl)c(NC(CO)CC(C)C)nc1C. The Morgan fingerprint density at radius 1 is 1.24 bits per heavy atom. The summed E-state index contributed by atoms with van der Waals surface area (Å²) in [6, 6.07) is -0.0380. The van der Waals surface area contributed by atoms with Crippen LogP contribution >= 0.6 is 11.6 Å². The van der Waals surface area contributed by atoms with Crippen molar-refractivity contribution in [1.29, 1.82) is 0 Å². The molecule has 5 heteroatoms. The van der Waals surface area contributed by atoms with Gasteiger partial charge in [-0.1, -0.05) is 25.4 Å². The van der Waals surface area contributed by atoms with E-state index in [4.69, 9.17) is 11.6 Å². The maximum Gasteiger partial charge on any atom is 0.171 e. The zero-order valence-corrected chi connectivity index (χ0v) is 11.5. The number of aliphatic hydroxyl groups is 1. The molecule has 0 fully saturated rings. The van der Waals surface area contributed by atoms with Crippen LogP contribution in [0.25, 0.3) is 0 Å². The van der Waals surface area contributed by atoms with Crippen LogP contribution in [0.1, 0.15) is 31.7 Å². The zero-order chi connectivity index (χ0) is 13.0. The van der Waals surface area contributed by atoms with E-state index in [0.717, 1.165) is 17.8 Å². The molecule has 1 atom stereocenters. The molecule has 1 aromatic rings. The van der Waals surface area contributed by atoms with E-state index >= 15 is 0 Å². The third-order valence-electron chi connectivity index (χ3n) is 2.58. The first-order chi connectivity index (χ1) is 7.93. The highest BCUT2D eigenvalue weighted by Gasteiger charge is 2.14. The molecular weight excluding hydrogens is 238 g/mol. The highest BCUT2D eigenvalue weighted by molar-refractivity contribution is 6.31. The van der Waals surface area contributed by atoms with Crippen LogP contribution in [0, 0.1) is 19.8 Å². The maximum absolute atomic E-state index is 9.30. The summed E-state index contributed by atoms with van der Waals surface area (Å²) in [5.74, 6) is 1.05. The van der Waals surface area contributed by atoms with Crippen LogP contribution in [0.5, 0.6) is 0 Å². The Morgan fingerprint density at radius 2 is 1.82 bits per heavy atom. The molecule has 0 aliphatic carbocycles. The van der Waals surface area contributed by atoms with Gasteiger partial charge in [-0.15, -0.1) is 0 Å². The minimum atomic E-state index is -0.0380. The lowest BCUT2D eigenvalue weighted by atomic mass is 10.0. The van der Waals surface area contributed by atoms with Crippen LogP contribution in [0.4, 0.5) is 5.82 Å². The lowest BCUT2D eigenvalue weighted by Crippen LogP contribution is -2.26. The Kier molecular flexibility index (Phi) is 5.15. The second kappa shape index (κ2) is 6.17. The van der Waals surface area contributed by atoms with Gasteiger partial charge in [0, 0.05) is 0 Å². The van der Waals surface area contributed by atoms with Gasteiger partial charge in [0.1, 0.15) is 0 Å². The summed E-state index contributed by atoms with van der Waals surface area (Å²) in [4.78, 5) is 8.55. The fourth-order valence-electron chi connectivity index (χ4n) is 1.61. The van der Waals surface area contributed by atoms with Crippen molar-refractivity contribution >= 4 is 17.4 Å². The first-order valence-corrected chi connectivity index (χ1v) is 6.20.